The predicted molar refractivity (Wildman–Crippen MR) is 104 cm³/mol. The quantitative estimate of drug-likeness (QED) is 0.323. The maximum atomic E-state index is 12.3. The average molecular weight is 401 g/mol. The number of esters is 1. The minimum Gasteiger partial charge on any atom is -0.482 e. The van der Waals surface area contributed by atoms with Crippen LogP contribution in [0.5, 0.6) is 11.5 Å². The molecule has 0 N–H and O–H groups in total. The number of ketones is 1. The van der Waals surface area contributed by atoms with Crippen LogP contribution in [0, 0.1) is 0 Å². The van der Waals surface area contributed by atoms with Gasteiger partial charge >= 0.3 is 5.97 Å². The van der Waals surface area contributed by atoms with E-state index in [-0.39, 0.29) is 18.1 Å². The first-order valence-electron chi connectivity index (χ1n) is 8.01. The molecule has 0 amide bonds. The van der Waals surface area contributed by atoms with Crippen molar-refractivity contribution in [2.45, 2.75) is 0 Å². The van der Waals surface area contributed by atoms with E-state index in [9.17, 15) is 9.59 Å². The molecule has 27 heavy (non-hydrogen) atoms. The fraction of sp³-hybridized carbons (Fsp3) is 0.0476. The Hall–Kier alpha value is -2.82. The predicted octanol–water partition coefficient (Wildman–Crippen LogP) is 5.21. The molecule has 0 aromatic heterocycles. The fourth-order valence-corrected chi connectivity index (χ4v) is 2.59. The number of ether oxygens (including phenoxy) is 2. The SMILES string of the molecule is O=C(COc1ccc(C(=O)c2ccccc2)cc1)Oc1ccc(Cl)c(Cl)c1. The lowest BCUT2D eigenvalue weighted by atomic mass is 10.0. The van der Waals surface area contributed by atoms with Gasteiger partial charge in [0.05, 0.1) is 10.0 Å². The zero-order chi connectivity index (χ0) is 19.2. The molecule has 3 aromatic carbocycles. The van der Waals surface area contributed by atoms with E-state index < -0.39 is 5.97 Å². The van der Waals surface area contributed by atoms with Crippen molar-refractivity contribution in [2.24, 2.45) is 0 Å². The normalized spacial score (nSPS) is 10.3. The number of carbonyl (C=O) groups excluding carboxylic acids is 2. The Morgan fingerprint density at radius 3 is 2.04 bits per heavy atom. The van der Waals surface area contributed by atoms with Gasteiger partial charge in [-0.1, -0.05) is 53.5 Å². The summed E-state index contributed by atoms with van der Waals surface area (Å²) < 4.78 is 10.5. The average Bonchev–Trinajstić information content (AvgIpc) is 2.70. The van der Waals surface area contributed by atoms with Gasteiger partial charge < -0.3 is 9.47 Å². The zero-order valence-corrected chi connectivity index (χ0v) is 15.5. The summed E-state index contributed by atoms with van der Waals surface area (Å²) in [6.07, 6.45) is 0. The summed E-state index contributed by atoms with van der Waals surface area (Å²) in [6.45, 7) is -0.285. The third-order valence-electron chi connectivity index (χ3n) is 3.63. The van der Waals surface area contributed by atoms with E-state index >= 15 is 0 Å². The molecule has 6 heteroatoms. The van der Waals surface area contributed by atoms with Crippen LogP contribution in [0.4, 0.5) is 0 Å². The van der Waals surface area contributed by atoms with Crippen molar-refractivity contribution in [3.8, 4) is 11.5 Å². The van der Waals surface area contributed by atoms with Crippen LogP contribution in [0.3, 0.4) is 0 Å². The first-order valence-corrected chi connectivity index (χ1v) is 8.77. The molecule has 0 aliphatic rings. The number of benzene rings is 3. The van der Waals surface area contributed by atoms with Gasteiger partial charge in [-0.2, -0.15) is 0 Å². The topological polar surface area (TPSA) is 52.6 Å². The van der Waals surface area contributed by atoms with Crippen molar-refractivity contribution in [1.82, 2.24) is 0 Å². The number of halogens is 2. The Morgan fingerprint density at radius 2 is 1.37 bits per heavy atom. The largest absolute Gasteiger partial charge is 0.482 e. The number of carbonyl (C=O) groups is 2. The summed E-state index contributed by atoms with van der Waals surface area (Å²) >= 11 is 11.7. The van der Waals surface area contributed by atoms with Crippen molar-refractivity contribution in [1.29, 1.82) is 0 Å². The Kier molecular flexibility index (Phi) is 6.12. The van der Waals surface area contributed by atoms with Crippen molar-refractivity contribution < 1.29 is 19.1 Å². The van der Waals surface area contributed by atoms with Crippen LogP contribution in [-0.4, -0.2) is 18.4 Å². The lowest BCUT2D eigenvalue weighted by Crippen LogP contribution is -2.17. The molecule has 0 spiro atoms. The maximum Gasteiger partial charge on any atom is 0.349 e. The maximum absolute atomic E-state index is 12.3. The van der Waals surface area contributed by atoms with Crippen LogP contribution in [0.25, 0.3) is 0 Å². The minimum atomic E-state index is -0.585. The molecule has 0 saturated heterocycles. The molecule has 136 valence electrons. The molecule has 0 heterocycles. The summed E-state index contributed by atoms with van der Waals surface area (Å²) in [5, 5.41) is 0.666. The van der Waals surface area contributed by atoms with Crippen molar-refractivity contribution in [3.05, 3.63) is 94.0 Å². The third kappa shape index (κ3) is 5.09. The molecular formula is C21H14Cl2O4. The molecule has 3 rings (SSSR count). The highest BCUT2D eigenvalue weighted by molar-refractivity contribution is 6.42. The molecule has 0 atom stereocenters. The van der Waals surface area contributed by atoms with Gasteiger partial charge in [0.1, 0.15) is 11.5 Å². The first-order chi connectivity index (χ1) is 13.0. The van der Waals surface area contributed by atoms with Gasteiger partial charge in [-0.15, -0.1) is 0 Å². The van der Waals surface area contributed by atoms with Gasteiger partial charge in [-0.25, -0.2) is 4.79 Å². The van der Waals surface area contributed by atoms with Crippen molar-refractivity contribution in [2.75, 3.05) is 6.61 Å². The van der Waals surface area contributed by atoms with Crippen molar-refractivity contribution >= 4 is 35.0 Å². The van der Waals surface area contributed by atoms with Gasteiger partial charge in [0.2, 0.25) is 0 Å². The summed E-state index contributed by atoms with van der Waals surface area (Å²) in [4.78, 5) is 24.2. The molecule has 0 bridgehead atoms. The Labute approximate surface area is 166 Å². The molecule has 0 fully saturated rings. The molecule has 4 nitrogen and oxygen atoms in total. The highest BCUT2D eigenvalue weighted by atomic mass is 35.5. The van der Waals surface area contributed by atoms with Crippen LogP contribution >= 0.6 is 23.2 Å². The number of hydrogen-bond acceptors (Lipinski definition) is 4. The van der Waals surface area contributed by atoms with E-state index in [0.29, 0.717) is 26.9 Å². The first kappa shape index (κ1) is 19.0. The molecule has 0 aliphatic heterocycles. The second-order valence-electron chi connectivity index (χ2n) is 5.56. The van der Waals surface area contributed by atoms with Gasteiger partial charge in [-0.3, -0.25) is 4.79 Å². The smallest absolute Gasteiger partial charge is 0.349 e. The van der Waals surface area contributed by atoms with Gasteiger partial charge in [0.25, 0.3) is 0 Å². The fourth-order valence-electron chi connectivity index (χ4n) is 2.30. The lowest BCUT2D eigenvalue weighted by molar-refractivity contribution is -0.136. The Balaban J connectivity index is 1.56. The molecule has 0 unspecified atom stereocenters. The Morgan fingerprint density at radius 1 is 0.741 bits per heavy atom. The van der Waals surface area contributed by atoms with Crippen LogP contribution in [0.15, 0.2) is 72.8 Å². The van der Waals surface area contributed by atoms with Crippen molar-refractivity contribution in [3.63, 3.8) is 0 Å². The van der Waals surface area contributed by atoms with E-state index in [1.54, 1.807) is 36.4 Å². The van der Waals surface area contributed by atoms with Gasteiger partial charge in [0.15, 0.2) is 12.4 Å². The lowest BCUT2D eigenvalue weighted by Gasteiger charge is -2.08. The van der Waals surface area contributed by atoms with Crippen LogP contribution < -0.4 is 9.47 Å². The molecular weight excluding hydrogens is 387 g/mol. The van der Waals surface area contributed by atoms with Gasteiger partial charge in [0, 0.05) is 17.2 Å². The van der Waals surface area contributed by atoms with E-state index in [1.165, 1.54) is 18.2 Å². The third-order valence-corrected chi connectivity index (χ3v) is 4.37. The number of hydrogen-bond donors (Lipinski definition) is 0. The second-order valence-corrected chi connectivity index (χ2v) is 6.37. The number of rotatable bonds is 6. The Bertz CT molecular complexity index is 954. The summed E-state index contributed by atoms with van der Waals surface area (Å²) in [6, 6.07) is 20.1. The van der Waals surface area contributed by atoms with Crippen LogP contribution in [0.1, 0.15) is 15.9 Å². The molecule has 0 saturated carbocycles. The molecule has 0 aliphatic carbocycles. The highest BCUT2D eigenvalue weighted by Gasteiger charge is 2.10. The molecule has 0 radical (unpaired) electrons. The second kappa shape index (κ2) is 8.71. The van der Waals surface area contributed by atoms with Gasteiger partial charge in [-0.05, 0) is 36.4 Å². The van der Waals surface area contributed by atoms with Crippen LogP contribution in [0.2, 0.25) is 10.0 Å². The monoisotopic (exact) mass is 400 g/mol. The minimum absolute atomic E-state index is 0.0822. The van der Waals surface area contributed by atoms with Crippen LogP contribution in [-0.2, 0) is 4.79 Å². The highest BCUT2D eigenvalue weighted by Crippen LogP contribution is 2.26. The summed E-state index contributed by atoms with van der Waals surface area (Å²) in [5.74, 6) is 0.0616. The van der Waals surface area contributed by atoms with E-state index in [2.05, 4.69) is 0 Å². The van der Waals surface area contributed by atoms with E-state index in [4.69, 9.17) is 32.7 Å². The molecule has 3 aromatic rings. The summed E-state index contributed by atoms with van der Waals surface area (Å²) in [5.41, 5.74) is 1.14. The van der Waals surface area contributed by atoms with E-state index in [0.717, 1.165) is 0 Å². The summed E-state index contributed by atoms with van der Waals surface area (Å²) in [7, 11) is 0. The standard InChI is InChI=1S/C21H14Cl2O4/c22-18-11-10-17(12-19(18)23)27-20(24)13-26-16-8-6-15(7-9-16)21(25)14-4-2-1-3-5-14/h1-12H,13H2. The zero-order valence-electron chi connectivity index (χ0n) is 14.0. The van der Waals surface area contributed by atoms with E-state index in [1.807, 2.05) is 18.2 Å².